The normalized spacial score (nSPS) is 12.4. The largest absolute Gasteiger partial charge is 0.417 e. The smallest absolute Gasteiger partial charge is 0.283 e. The number of hydrogen-bond donors (Lipinski definition) is 1. The van der Waals surface area contributed by atoms with Crippen LogP contribution < -0.4 is 0 Å². The van der Waals surface area contributed by atoms with Crippen LogP contribution in [0.1, 0.15) is 45.6 Å². The number of rotatable bonds is 10. The second kappa shape index (κ2) is 9.71. The number of aliphatic hydroxyl groups is 1. The fraction of sp³-hybridized carbons (Fsp3) is 0.667. The molecule has 7 heteroatoms. The molecule has 25 heavy (non-hydrogen) atoms. The van der Waals surface area contributed by atoms with Crippen LogP contribution in [-0.4, -0.2) is 30.7 Å². The van der Waals surface area contributed by atoms with E-state index >= 15 is 0 Å². The van der Waals surface area contributed by atoms with Gasteiger partial charge in [-0.15, -0.1) is 11.8 Å². The molecule has 142 valence electrons. The highest BCUT2D eigenvalue weighted by molar-refractivity contribution is 7.99. The molecule has 0 aliphatic heterocycles. The van der Waals surface area contributed by atoms with Crippen LogP contribution in [0.2, 0.25) is 18.1 Å². The minimum atomic E-state index is -1.67. The van der Waals surface area contributed by atoms with E-state index in [9.17, 15) is 15.2 Å². The van der Waals surface area contributed by atoms with Gasteiger partial charge in [0.15, 0.2) is 8.32 Å². The molecule has 0 fully saturated rings. The van der Waals surface area contributed by atoms with E-state index in [1.807, 2.05) is 0 Å². The lowest BCUT2D eigenvalue weighted by molar-refractivity contribution is -0.387. The fourth-order valence-corrected chi connectivity index (χ4v) is 4.35. The second-order valence-electron chi connectivity index (χ2n) is 7.70. The first kappa shape index (κ1) is 22.1. The van der Waals surface area contributed by atoms with Crippen LogP contribution >= 0.6 is 11.8 Å². The summed E-state index contributed by atoms with van der Waals surface area (Å²) in [6.07, 6.45) is 3.02. The Hall–Kier alpha value is -0.893. The van der Waals surface area contributed by atoms with Crippen molar-refractivity contribution in [2.24, 2.45) is 0 Å². The number of unbranched alkanes of at least 4 members (excludes halogenated alkanes) is 2. The van der Waals surface area contributed by atoms with Crippen LogP contribution in [0.3, 0.4) is 0 Å². The van der Waals surface area contributed by atoms with Crippen molar-refractivity contribution >= 4 is 25.8 Å². The summed E-state index contributed by atoms with van der Waals surface area (Å²) in [5, 5.41) is 20.8. The van der Waals surface area contributed by atoms with E-state index in [2.05, 4.69) is 33.9 Å². The molecule has 0 saturated carbocycles. The number of benzene rings is 1. The van der Waals surface area contributed by atoms with Gasteiger partial charge in [-0.3, -0.25) is 10.1 Å². The molecular formula is C18H31NO4SSi. The number of hydrogen-bond acceptors (Lipinski definition) is 5. The first-order valence-electron chi connectivity index (χ1n) is 8.74. The molecule has 0 bridgehead atoms. The predicted octanol–water partition coefficient (Wildman–Crippen LogP) is 5.37. The number of aliphatic hydroxyl groups excluding tert-OH is 1. The van der Waals surface area contributed by atoms with E-state index in [0.717, 1.165) is 31.6 Å². The second-order valence-corrected chi connectivity index (χ2v) is 13.6. The Bertz CT molecular complexity index is 573. The molecule has 0 radical (unpaired) electrons. The minimum absolute atomic E-state index is 0.0813. The molecule has 0 spiro atoms. The van der Waals surface area contributed by atoms with Crippen molar-refractivity contribution in [3.05, 3.63) is 33.9 Å². The summed E-state index contributed by atoms with van der Waals surface area (Å²) in [4.78, 5) is 11.3. The third-order valence-electron chi connectivity index (χ3n) is 4.75. The molecular weight excluding hydrogens is 354 g/mol. The Kier molecular flexibility index (Phi) is 8.60. The highest BCUT2D eigenvalue weighted by atomic mass is 32.2. The summed E-state index contributed by atoms with van der Waals surface area (Å²) < 4.78 is 6.16. The van der Waals surface area contributed by atoms with Crippen LogP contribution in [0.25, 0.3) is 0 Å². The Morgan fingerprint density at radius 3 is 2.48 bits per heavy atom. The Labute approximate surface area is 156 Å². The van der Waals surface area contributed by atoms with Gasteiger partial charge in [-0.25, -0.2) is 0 Å². The lowest BCUT2D eigenvalue weighted by atomic mass is 10.2. The predicted molar refractivity (Wildman–Crippen MR) is 107 cm³/mol. The average Bonchev–Trinajstić information content (AvgIpc) is 2.52. The third kappa shape index (κ3) is 6.73. The first-order valence-corrected chi connectivity index (χ1v) is 12.6. The molecule has 1 N–H and O–H groups in total. The summed E-state index contributed by atoms with van der Waals surface area (Å²) in [6.45, 7) is 11.8. The van der Waals surface area contributed by atoms with Gasteiger partial charge in [0, 0.05) is 12.7 Å². The van der Waals surface area contributed by atoms with Gasteiger partial charge in [0.25, 0.3) is 5.69 Å². The number of nitro benzene ring substituents is 1. The van der Waals surface area contributed by atoms with Gasteiger partial charge in [0.05, 0.1) is 16.4 Å². The van der Waals surface area contributed by atoms with Gasteiger partial charge >= 0.3 is 0 Å². The van der Waals surface area contributed by atoms with Gasteiger partial charge in [0.2, 0.25) is 0 Å². The standard InChI is InChI=1S/C18H31NO4SSi/c1-18(2,3)25(4,5)23-12-7-6-8-13-24-17-15(14-20)10-9-11-16(17)19(21)22/h9-11,20H,6-8,12-14H2,1-5H3. The Balaban J connectivity index is 2.39. The highest BCUT2D eigenvalue weighted by Crippen LogP contribution is 2.37. The summed E-state index contributed by atoms with van der Waals surface area (Å²) in [7, 11) is -1.67. The number of thioether (sulfide) groups is 1. The summed E-state index contributed by atoms with van der Waals surface area (Å²) >= 11 is 1.46. The van der Waals surface area contributed by atoms with Crippen molar-refractivity contribution in [2.75, 3.05) is 12.4 Å². The van der Waals surface area contributed by atoms with Crippen LogP contribution in [0.15, 0.2) is 23.1 Å². The van der Waals surface area contributed by atoms with E-state index in [1.54, 1.807) is 12.1 Å². The van der Waals surface area contributed by atoms with E-state index in [0.29, 0.717) is 10.5 Å². The van der Waals surface area contributed by atoms with Gasteiger partial charge in [-0.1, -0.05) is 39.3 Å². The van der Waals surface area contributed by atoms with Crippen LogP contribution in [0.5, 0.6) is 0 Å². The minimum Gasteiger partial charge on any atom is -0.417 e. The zero-order valence-electron chi connectivity index (χ0n) is 16.0. The zero-order valence-corrected chi connectivity index (χ0v) is 17.8. The molecule has 0 aromatic heterocycles. The van der Waals surface area contributed by atoms with Crippen LogP contribution in [0, 0.1) is 10.1 Å². The van der Waals surface area contributed by atoms with E-state index in [1.165, 1.54) is 17.8 Å². The average molecular weight is 386 g/mol. The molecule has 0 saturated heterocycles. The molecule has 5 nitrogen and oxygen atoms in total. The molecule has 1 aromatic carbocycles. The van der Waals surface area contributed by atoms with Crippen molar-refractivity contribution < 1.29 is 14.5 Å². The number of nitro groups is 1. The topological polar surface area (TPSA) is 72.6 Å². The molecule has 0 heterocycles. The van der Waals surface area contributed by atoms with E-state index in [-0.39, 0.29) is 22.3 Å². The maximum atomic E-state index is 11.1. The quantitative estimate of drug-likeness (QED) is 0.193. The van der Waals surface area contributed by atoms with Crippen molar-refractivity contribution in [3.8, 4) is 0 Å². The first-order chi connectivity index (χ1) is 11.6. The van der Waals surface area contributed by atoms with Gasteiger partial charge in [-0.05, 0) is 42.3 Å². The lowest BCUT2D eigenvalue weighted by Gasteiger charge is -2.36. The third-order valence-corrected chi connectivity index (χ3v) is 10.5. The fourth-order valence-electron chi connectivity index (χ4n) is 2.11. The molecule has 0 unspecified atom stereocenters. The Morgan fingerprint density at radius 2 is 1.92 bits per heavy atom. The molecule has 1 aromatic rings. The molecule has 0 atom stereocenters. The summed E-state index contributed by atoms with van der Waals surface area (Å²) in [6, 6.07) is 4.85. The number of nitrogens with zero attached hydrogens (tertiary/aromatic N) is 1. The summed E-state index contributed by atoms with van der Waals surface area (Å²) in [5.74, 6) is 0.804. The lowest BCUT2D eigenvalue weighted by Crippen LogP contribution is -2.40. The zero-order chi connectivity index (χ0) is 19.1. The molecule has 0 aliphatic rings. The van der Waals surface area contributed by atoms with E-state index in [4.69, 9.17) is 4.43 Å². The SMILES string of the molecule is CC(C)(C)[Si](C)(C)OCCCCCSc1c(CO)cccc1[N+](=O)[O-]. The highest BCUT2D eigenvalue weighted by Gasteiger charge is 2.36. The summed E-state index contributed by atoms with van der Waals surface area (Å²) in [5.41, 5.74) is 0.707. The van der Waals surface area contributed by atoms with Gasteiger partial charge in [-0.2, -0.15) is 0 Å². The molecule has 0 aliphatic carbocycles. The van der Waals surface area contributed by atoms with Crippen molar-refractivity contribution in [3.63, 3.8) is 0 Å². The maximum absolute atomic E-state index is 11.1. The van der Waals surface area contributed by atoms with E-state index < -0.39 is 8.32 Å². The van der Waals surface area contributed by atoms with Crippen molar-refractivity contribution in [1.82, 2.24) is 0 Å². The van der Waals surface area contributed by atoms with Crippen molar-refractivity contribution in [2.45, 2.75) is 69.7 Å². The maximum Gasteiger partial charge on any atom is 0.283 e. The monoisotopic (exact) mass is 385 g/mol. The van der Waals surface area contributed by atoms with Gasteiger partial charge in [0.1, 0.15) is 0 Å². The van der Waals surface area contributed by atoms with Crippen LogP contribution in [0.4, 0.5) is 5.69 Å². The van der Waals surface area contributed by atoms with Gasteiger partial charge < -0.3 is 9.53 Å². The van der Waals surface area contributed by atoms with Crippen molar-refractivity contribution in [1.29, 1.82) is 0 Å². The van der Waals surface area contributed by atoms with Crippen LogP contribution in [-0.2, 0) is 11.0 Å². The molecule has 1 rings (SSSR count). The molecule has 0 amide bonds. The Morgan fingerprint density at radius 1 is 1.24 bits per heavy atom.